The number of piperidine rings is 1. The van der Waals surface area contributed by atoms with Crippen molar-refractivity contribution < 1.29 is 13.7 Å². The molecule has 0 aliphatic carbocycles. The summed E-state index contributed by atoms with van der Waals surface area (Å²) in [6, 6.07) is -0.141. The summed E-state index contributed by atoms with van der Waals surface area (Å²) in [7, 11) is -1.42. The zero-order valence-electron chi connectivity index (χ0n) is 14.5. The number of aryl methyl sites for hydroxylation is 1. The Balaban J connectivity index is 2.08. The molecule has 1 amide bonds. The maximum Gasteiger partial charge on any atom is 0.410 e. The minimum Gasteiger partial charge on any atom is -0.444 e. The number of hydrogen-bond acceptors (Lipinski definition) is 5. The quantitative estimate of drug-likeness (QED) is 0.600. The predicted molar refractivity (Wildman–Crippen MR) is 93.6 cm³/mol. The molecule has 1 saturated heterocycles. The number of amides is 1. The molecule has 134 valence electrons. The zero-order valence-corrected chi connectivity index (χ0v) is 16.1. The van der Waals surface area contributed by atoms with Crippen molar-refractivity contribution >= 4 is 28.5 Å². The molecule has 1 aromatic heterocycles. The van der Waals surface area contributed by atoms with Gasteiger partial charge in [-0.1, -0.05) is 11.6 Å². The van der Waals surface area contributed by atoms with Gasteiger partial charge in [0.25, 0.3) is 0 Å². The maximum absolute atomic E-state index is 12.6. The second kappa shape index (κ2) is 7.78. The first kappa shape index (κ1) is 19.1. The summed E-state index contributed by atoms with van der Waals surface area (Å²) in [5.74, 6) is 0.290. The van der Waals surface area contributed by atoms with Crippen LogP contribution in [-0.4, -0.2) is 49.1 Å². The summed E-state index contributed by atoms with van der Waals surface area (Å²) in [4.78, 5) is 22.3. The molecule has 1 aliphatic heterocycles. The van der Waals surface area contributed by atoms with Crippen LogP contribution in [0.1, 0.15) is 45.6 Å². The smallest absolute Gasteiger partial charge is 0.410 e. The van der Waals surface area contributed by atoms with E-state index < -0.39 is 16.4 Å². The summed E-state index contributed by atoms with van der Waals surface area (Å²) >= 11 is 5.98. The van der Waals surface area contributed by atoms with E-state index in [-0.39, 0.29) is 17.3 Å². The summed E-state index contributed by atoms with van der Waals surface area (Å²) in [5.41, 5.74) is 0.191. The SMILES string of the molecule is Cc1cnc([S@](=O)C[C@H]2CCCCN2C(=O)OC(C)(C)C)nc1Cl. The normalized spacial score (nSPS) is 19.9. The molecule has 0 aromatic carbocycles. The van der Waals surface area contributed by atoms with Crippen LogP contribution in [0.5, 0.6) is 0 Å². The van der Waals surface area contributed by atoms with E-state index in [0.717, 1.165) is 24.8 Å². The molecule has 0 spiro atoms. The van der Waals surface area contributed by atoms with Crippen LogP contribution < -0.4 is 0 Å². The monoisotopic (exact) mass is 373 g/mol. The third-order valence-electron chi connectivity index (χ3n) is 3.69. The number of nitrogens with zero attached hydrogens (tertiary/aromatic N) is 3. The van der Waals surface area contributed by atoms with Gasteiger partial charge >= 0.3 is 6.09 Å². The van der Waals surface area contributed by atoms with E-state index in [9.17, 15) is 9.00 Å². The molecule has 6 nitrogen and oxygen atoms in total. The van der Waals surface area contributed by atoms with Crippen LogP contribution in [0, 0.1) is 6.92 Å². The highest BCUT2D eigenvalue weighted by atomic mass is 35.5. The van der Waals surface area contributed by atoms with E-state index in [1.165, 1.54) is 0 Å². The molecule has 8 heteroatoms. The van der Waals surface area contributed by atoms with Crippen molar-refractivity contribution in [2.24, 2.45) is 0 Å². The summed E-state index contributed by atoms with van der Waals surface area (Å²) in [6.45, 7) is 7.92. The van der Waals surface area contributed by atoms with E-state index in [4.69, 9.17) is 16.3 Å². The lowest BCUT2D eigenvalue weighted by Gasteiger charge is -2.36. The zero-order chi connectivity index (χ0) is 17.9. The third kappa shape index (κ3) is 5.14. The van der Waals surface area contributed by atoms with E-state index in [2.05, 4.69) is 9.97 Å². The number of rotatable bonds is 3. The number of hydrogen-bond donors (Lipinski definition) is 0. The van der Waals surface area contributed by atoms with Gasteiger partial charge in [0, 0.05) is 24.3 Å². The second-order valence-corrected chi connectivity index (χ2v) is 8.71. The van der Waals surface area contributed by atoms with Crippen molar-refractivity contribution in [3.05, 3.63) is 16.9 Å². The summed E-state index contributed by atoms with van der Waals surface area (Å²) in [5, 5.41) is 0.515. The lowest BCUT2D eigenvalue weighted by Crippen LogP contribution is -2.48. The van der Waals surface area contributed by atoms with Crippen molar-refractivity contribution in [1.82, 2.24) is 14.9 Å². The molecule has 0 N–H and O–H groups in total. The van der Waals surface area contributed by atoms with Gasteiger partial charge in [0.1, 0.15) is 10.8 Å². The molecular weight excluding hydrogens is 350 g/mol. The topological polar surface area (TPSA) is 72.4 Å². The Kier molecular flexibility index (Phi) is 6.20. The number of likely N-dealkylation sites (tertiary alicyclic amines) is 1. The molecular formula is C16H24ClN3O3S. The minimum atomic E-state index is -1.42. The van der Waals surface area contributed by atoms with Gasteiger partial charge in [0.2, 0.25) is 5.16 Å². The van der Waals surface area contributed by atoms with Gasteiger partial charge in [-0.25, -0.2) is 14.8 Å². The Labute approximate surface area is 150 Å². The average Bonchev–Trinajstić information content (AvgIpc) is 2.48. The minimum absolute atomic E-state index is 0.141. The number of carbonyl (C=O) groups excluding carboxylic acids is 1. The van der Waals surface area contributed by atoms with Crippen molar-refractivity contribution in [3.63, 3.8) is 0 Å². The molecule has 1 fully saturated rings. The van der Waals surface area contributed by atoms with Crippen LogP contribution in [0.2, 0.25) is 5.15 Å². The fraction of sp³-hybridized carbons (Fsp3) is 0.688. The van der Waals surface area contributed by atoms with Crippen LogP contribution in [0.15, 0.2) is 11.4 Å². The Morgan fingerprint density at radius 3 is 2.79 bits per heavy atom. The molecule has 2 rings (SSSR count). The van der Waals surface area contributed by atoms with Crippen LogP contribution in [0.25, 0.3) is 0 Å². The molecule has 0 saturated carbocycles. The molecule has 2 heterocycles. The first-order valence-corrected chi connectivity index (χ1v) is 9.74. The van der Waals surface area contributed by atoms with E-state index >= 15 is 0 Å². The Morgan fingerprint density at radius 2 is 2.17 bits per heavy atom. The Hall–Kier alpha value is -1.21. The van der Waals surface area contributed by atoms with Crippen LogP contribution >= 0.6 is 11.6 Å². The standard InChI is InChI=1S/C16H24ClN3O3S/c1-11-9-18-14(19-13(11)17)24(22)10-12-7-5-6-8-20(12)15(21)23-16(2,3)4/h9,12H,5-8,10H2,1-4H3/t12-,24-/m1/s1. The van der Waals surface area contributed by atoms with Gasteiger partial charge in [-0.05, 0) is 47.0 Å². The molecule has 0 bridgehead atoms. The van der Waals surface area contributed by atoms with Crippen molar-refractivity contribution in [3.8, 4) is 0 Å². The molecule has 1 aliphatic rings. The third-order valence-corrected chi connectivity index (χ3v) is 5.36. The first-order valence-electron chi connectivity index (χ1n) is 8.04. The highest BCUT2D eigenvalue weighted by molar-refractivity contribution is 7.84. The fourth-order valence-corrected chi connectivity index (χ4v) is 3.89. The van der Waals surface area contributed by atoms with E-state index in [1.807, 2.05) is 20.8 Å². The Morgan fingerprint density at radius 1 is 1.46 bits per heavy atom. The lowest BCUT2D eigenvalue weighted by atomic mass is 10.0. The predicted octanol–water partition coefficient (Wildman–Crippen LogP) is 3.34. The fourth-order valence-electron chi connectivity index (χ4n) is 2.50. The molecule has 0 unspecified atom stereocenters. The maximum atomic E-state index is 12.6. The van der Waals surface area contributed by atoms with Gasteiger partial charge in [0.05, 0.1) is 16.6 Å². The second-order valence-electron chi connectivity index (χ2n) is 6.96. The van der Waals surface area contributed by atoms with Gasteiger partial charge in [-0.15, -0.1) is 0 Å². The lowest BCUT2D eigenvalue weighted by molar-refractivity contribution is 0.0125. The highest BCUT2D eigenvalue weighted by Gasteiger charge is 2.32. The average molecular weight is 374 g/mol. The van der Waals surface area contributed by atoms with Crippen LogP contribution in [-0.2, 0) is 15.5 Å². The summed E-state index contributed by atoms with van der Waals surface area (Å²) in [6.07, 6.45) is 3.93. The van der Waals surface area contributed by atoms with E-state index in [0.29, 0.717) is 17.5 Å². The van der Waals surface area contributed by atoms with Crippen LogP contribution in [0.4, 0.5) is 4.79 Å². The number of halogens is 1. The molecule has 0 radical (unpaired) electrons. The largest absolute Gasteiger partial charge is 0.444 e. The molecule has 2 atom stereocenters. The first-order chi connectivity index (χ1) is 11.2. The number of ether oxygens (including phenoxy) is 1. The van der Waals surface area contributed by atoms with Gasteiger partial charge < -0.3 is 9.64 Å². The van der Waals surface area contributed by atoms with Crippen LogP contribution in [0.3, 0.4) is 0 Å². The molecule has 24 heavy (non-hydrogen) atoms. The number of carbonyl (C=O) groups is 1. The Bertz CT molecular complexity index is 633. The summed E-state index contributed by atoms with van der Waals surface area (Å²) < 4.78 is 18.0. The van der Waals surface area contributed by atoms with Gasteiger partial charge in [-0.3, -0.25) is 4.21 Å². The molecule has 1 aromatic rings. The van der Waals surface area contributed by atoms with Crippen molar-refractivity contribution in [2.75, 3.05) is 12.3 Å². The van der Waals surface area contributed by atoms with Gasteiger partial charge in [-0.2, -0.15) is 0 Å². The highest BCUT2D eigenvalue weighted by Crippen LogP contribution is 2.22. The van der Waals surface area contributed by atoms with Crippen molar-refractivity contribution in [2.45, 2.75) is 63.8 Å². The van der Waals surface area contributed by atoms with Gasteiger partial charge in [0.15, 0.2) is 0 Å². The number of aromatic nitrogens is 2. The van der Waals surface area contributed by atoms with E-state index in [1.54, 1.807) is 18.0 Å². The van der Waals surface area contributed by atoms with Crippen molar-refractivity contribution in [1.29, 1.82) is 0 Å².